The van der Waals surface area contributed by atoms with E-state index in [4.69, 9.17) is 0 Å². The summed E-state index contributed by atoms with van der Waals surface area (Å²) in [6.45, 7) is 16.0. The Balaban J connectivity index is 1.73. The van der Waals surface area contributed by atoms with Crippen LogP contribution < -0.4 is 21.3 Å². The van der Waals surface area contributed by atoms with Crippen LogP contribution in [-0.2, 0) is 22.6 Å². The van der Waals surface area contributed by atoms with Crippen molar-refractivity contribution in [3.8, 4) is 0 Å². The summed E-state index contributed by atoms with van der Waals surface area (Å²) in [6.07, 6.45) is -0.581. The molecule has 1 aromatic heterocycles. The van der Waals surface area contributed by atoms with E-state index in [1.807, 2.05) is 75.2 Å². The highest BCUT2D eigenvalue weighted by Crippen LogP contribution is 2.20. The third-order valence-corrected chi connectivity index (χ3v) is 8.90. The van der Waals surface area contributed by atoms with E-state index in [0.29, 0.717) is 38.5 Å². The molecule has 3 rings (SSSR count). The molecule has 250 valence electrons. The zero-order valence-corrected chi connectivity index (χ0v) is 28.9. The number of hydrogen-bond donors (Lipinski definition) is 5. The van der Waals surface area contributed by atoms with Crippen molar-refractivity contribution in [1.82, 2.24) is 36.1 Å². The van der Waals surface area contributed by atoms with Gasteiger partial charge in [-0.2, -0.15) is 0 Å². The number of aliphatic hydroxyl groups excluding tert-OH is 1. The SMILES string of the molecule is CC(C)c1nc(CN(C)C(=O)N[C@H](C(=O)N[C@@H](Cc2ccccc2)[C@@H](O)CN2CCNC[C@H]2C(=O)NC(C)(C)C)C(C)C)cs1. The first-order valence-corrected chi connectivity index (χ1v) is 16.8. The second kappa shape index (κ2) is 16.5. The molecule has 1 aromatic carbocycles. The van der Waals surface area contributed by atoms with Crippen LogP contribution in [0, 0.1) is 5.92 Å². The smallest absolute Gasteiger partial charge is 0.318 e. The predicted molar refractivity (Wildman–Crippen MR) is 179 cm³/mol. The molecule has 45 heavy (non-hydrogen) atoms. The fourth-order valence-electron chi connectivity index (χ4n) is 5.22. The molecule has 0 bridgehead atoms. The Bertz CT molecular complexity index is 1250. The van der Waals surface area contributed by atoms with Crippen LogP contribution in [0.25, 0.3) is 0 Å². The molecule has 1 saturated heterocycles. The van der Waals surface area contributed by atoms with Crippen molar-refractivity contribution in [2.45, 2.75) is 97.1 Å². The van der Waals surface area contributed by atoms with Gasteiger partial charge in [0.2, 0.25) is 11.8 Å². The van der Waals surface area contributed by atoms with E-state index < -0.39 is 24.2 Å². The Morgan fingerprint density at radius 3 is 2.42 bits per heavy atom. The van der Waals surface area contributed by atoms with Gasteiger partial charge >= 0.3 is 6.03 Å². The molecular formula is C33H53N7O4S. The summed E-state index contributed by atoms with van der Waals surface area (Å²) in [6, 6.07) is 7.37. The van der Waals surface area contributed by atoms with Crippen LogP contribution >= 0.6 is 11.3 Å². The van der Waals surface area contributed by atoms with Gasteiger partial charge in [0.05, 0.1) is 29.4 Å². The lowest BCUT2D eigenvalue weighted by atomic mass is 9.97. The van der Waals surface area contributed by atoms with Crippen molar-refractivity contribution in [1.29, 1.82) is 0 Å². The molecule has 4 atom stereocenters. The maximum absolute atomic E-state index is 13.8. The highest BCUT2D eigenvalue weighted by molar-refractivity contribution is 7.09. The highest BCUT2D eigenvalue weighted by Gasteiger charge is 2.35. The molecule has 0 saturated carbocycles. The Labute approximate surface area is 272 Å². The fraction of sp³-hybridized carbons (Fsp3) is 0.636. The molecule has 1 aliphatic rings. The summed E-state index contributed by atoms with van der Waals surface area (Å²) in [5, 5.41) is 26.8. The number of nitrogens with one attached hydrogen (secondary N) is 4. The quantitative estimate of drug-likeness (QED) is 0.226. The zero-order valence-electron chi connectivity index (χ0n) is 28.1. The molecule has 0 radical (unpaired) electrons. The first-order chi connectivity index (χ1) is 21.1. The molecular weight excluding hydrogens is 590 g/mol. The maximum atomic E-state index is 13.8. The molecule has 0 aliphatic carbocycles. The van der Waals surface area contributed by atoms with Crippen molar-refractivity contribution < 1.29 is 19.5 Å². The summed E-state index contributed by atoms with van der Waals surface area (Å²) in [4.78, 5) is 48.2. The number of nitrogens with zero attached hydrogens (tertiary/aromatic N) is 3. The third kappa shape index (κ3) is 11.4. The van der Waals surface area contributed by atoms with Crippen LogP contribution in [0.15, 0.2) is 35.7 Å². The second-order valence-electron chi connectivity index (χ2n) is 13.7. The minimum absolute atomic E-state index is 0.102. The molecule has 5 N–H and O–H groups in total. The van der Waals surface area contributed by atoms with Gasteiger partial charge in [-0.3, -0.25) is 14.5 Å². The predicted octanol–water partition coefficient (Wildman–Crippen LogP) is 2.71. The number of β-amino-alcohol motifs (C(OH)–C–C–N with tert-alkyl or cyclic N) is 1. The average molecular weight is 644 g/mol. The lowest BCUT2D eigenvalue weighted by Crippen LogP contribution is -2.63. The molecule has 11 nitrogen and oxygen atoms in total. The number of rotatable bonds is 13. The lowest BCUT2D eigenvalue weighted by molar-refractivity contribution is -0.130. The Morgan fingerprint density at radius 1 is 1.13 bits per heavy atom. The number of thiazole rings is 1. The number of hydrogen-bond acceptors (Lipinski definition) is 8. The third-order valence-electron chi connectivity index (χ3n) is 7.70. The zero-order chi connectivity index (χ0) is 33.3. The van der Waals surface area contributed by atoms with Gasteiger partial charge in [-0.1, -0.05) is 58.0 Å². The summed E-state index contributed by atoms with van der Waals surface area (Å²) >= 11 is 1.57. The van der Waals surface area contributed by atoms with Crippen LogP contribution in [0.4, 0.5) is 4.79 Å². The molecule has 1 aliphatic heterocycles. The number of carbonyl (C=O) groups is 3. The molecule has 4 amide bonds. The van der Waals surface area contributed by atoms with Crippen LogP contribution in [0.3, 0.4) is 0 Å². The number of carbonyl (C=O) groups excluding carboxylic acids is 3. The number of aliphatic hydroxyl groups is 1. The van der Waals surface area contributed by atoms with Gasteiger partial charge in [0.1, 0.15) is 12.1 Å². The maximum Gasteiger partial charge on any atom is 0.318 e. The summed E-state index contributed by atoms with van der Waals surface area (Å²) in [7, 11) is 1.68. The Hall–Kier alpha value is -3.06. The van der Waals surface area contributed by atoms with E-state index in [0.717, 1.165) is 16.3 Å². The van der Waals surface area contributed by atoms with Gasteiger partial charge in [-0.05, 0) is 38.7 Å². The summed E-state index contributed by atoms with van der Waals surface area (Å²) < 4.78 is 0. The van der Waals surface area contributed by atoms with Gasteiger partial charge in [-0.15, -0.1) is 11.3 Å². The van der Waals surface area contributed by atoms with Crippen molar-refractivity contribution in [3.63, 3.8) is 0 Å². The van der Waals surface area contributed by atoms with E-state index >= 15 is 0 Å². The summed E-state index contributed by atoms with van der Waals surface area (Å²) in [5.41, 5.74) is 1.38. The molecule has 0 spiro atoms. The molecule has 1 fully saturated rings. The van der Waals surface area contributed by atoms with Crippen molar-refractivity contribution in [2.75, 3.05) is 33.2 Å². The minimum atomic E-state index is -0.969. The second-order valence-corrected chi connectivity index (χ2v) is 14.6. The average Bonchev–Trinajstić information content (AvgIpc) is 3.44. The molecule has 2 aromatic rings. The van der Waals surface area contributed by atoms with Gasteiger partial charge in [0.25, 0.3) is 0 Å². The standard InChI is InChI=1S/C33H53N7O4S/c1-21(2)28(37-32(44)39(8)18-24-20-45-31(35-24)22(3)4)30(43)36-25(16-23-12-10-9-11-13-23)27(41)19-40-15-14-34-17-26(40)29(42)38-33(5,6)7/h9-13,20-22,25-28,34,41H,14-19H2,1-8H3,(H,36,43)(H,37,44)(H,38,42)/t25-,26-,27-,28-/m0/s1. The van der Waals surface area contributed by atoms with Gasteiger partial charge < -0.3 is 31.3 Å². The molecule has 2 heterocycles. The number of benzene rings is 1. The Morgan fingerprint density at radius 2 is 1.82 bits per heavy atom. The van der Waals surface area contributed by atoms with Crippen LogP contribution in [-0.4, -0.2) is 101 Å². The first-order valence-electron chi connectivity index (χ1n) is 15.9. The van der Waals surface area contributed by atoms with E-state index in [9.17, 15) is 19.5 Å². The van der Waals surface area contributed by atoms with Crippen molar-refractivity contribution in [3.05, 3.63) is 52.0 Å². The number of piperazine rings is 1. The van der Waals surface area contributed by atoms with Gasteiger partial charge in [0, 0.05) is 50.1 Å². The highest BCUT2D eigenvalue weighted by atomic mass is 32.1. The monoisotopic (exact) mass is 643 g/mol. The normalized spacial score (nSPS) is 17.9. The summed E-state index contributed by atoms with van der Waals surface area (Å²) in [5.74, 6) is -0.364. The number of urea groups is 1. The van der Waals surface area contributed by atoms with Crippen LogP contribution in [0.5, 0.6) is 0 Å². The van der Waals surface area contributed by atoms with Crippen LogP contribution in [0.1, 0.15) is 70.6 Å². The van der Waals surface area contributed by atoms with Crippen molar-refractivity contribution in [2.24, 2.45) is 5.92 Å². The van der Waals surface area contributed by atoms with Crippen molar-refractivity contribution >= 4 is 29.2 Å². The lowest BCUT2D eigenvalue weighted by Gasteiger charge is -2.39. The van der Waals surface area contributed by atoms with E-state index in [1.165, 1.54) is 4.90 Å². The minimum Gasteiger partial charge on any atom is -0.390 e. The topological polar surface area (TPSA) is 139 Å². The molecule has 12 heteroatoms. The largest absolute Gasteiger partial charge is 0.390 e. The van der Waals surface area contributed by atoms with E-state index in [1.54, 1.807) is 18.4 Å². The molecule has 0 unspecified atom stereocenters. The van der Waals surface area contributed by atoms with Crippen LogP contribution in [0.2, 0.25) is 0 Å². The van der Waals surface area contributed by atoms with E-state index in [2.05, 4.69) is 40.1 Å². The van der Waals surface area contributed by atoms with Gasteiger partial charge in [0.15, 0.2) is 0 Å². The number of aromatic nitrogens is 1. The fourth-order valence-corrected chi connectivity index (χ4v) is 6.05. The Kier molecular flexibility index (Phi) is 13.3. The number of amides is 4. The van der Waals surface area contributed by atoms with Gasteiger partial charge in [-0.25, -0.2) is 9.78 Å². The first kappa shape index (κ1) is 36.4. The van der Waals surface area contributed by atoms with E-state index in [-0.39, 0.29) is 35.8 Å².